The predicted octanol–water partition coefficient (Wildman–Crippen LogP) is 0.532. The summed E-state index contributed by atoms with van der Waals surface area (Å²) in [5, 5.41) is 0. The summed E-state index contributed by atoms with van der Waals surface area (Å²) in [6, 6.07) is 5.73. The summed E-state index contributed by atoms with van der Waals surface area (Å²) in [6.45, 7) is 5.10. The third kappa shape index (κ3) is 4.56. The monoisotopic (exact) mass is 374 g/mol. The van der Waals surface area contributed by atoms with Crippen molar-refractivity contribution in [3.8, 4) is 0 Å². The van der Waals surface area contributed by atoms with E-state index >= 15 is 0 Å². The maximum atomic E-state index is 12.6. The number of piperazine rings is 1. The molecule has 0 aliphatic carbocycles. The summed E-state index contributed by atoms with van der Waals surface area (Å²) in [7, 11) is 0. The van der Waals surface area contributed by atoms with E-state index < -0.39 is 11.8 Å². The Bertz CT molecular complexity index is 674. The molecule has 27 heavy (non-hydrogen) atoms. The minimum atomic E-state index is -0.518. The summed E-state index contributed by atoms with van der Waals surface area (Å²) >= 11 is 0. The molecule has 0 N–H and O–H groups in total. The molecule has 0 radical (unpaired) electrons. The molecule has 0 spiro atoms. The molecule has 1 atom stereocenters. The molecule has 2 saturated heterocycles. The van der Waals surface area contributed by atoms with Gasteiger partial charge in [-0.2, -0.15) is 0 Å². The van der Waals surface area contributed by atoms with Crippen LogP contribution in [0.5, 0.6) is 0 Å². The molecule has 0 aromatic carbocycles. The zero-order chi connectivity index (χ0) is 19.2. The lowest BCUT2D eigenvalue weighted by molar-refractivity contribution is -0.156. The average Bonchev–Trinajstić information content (AvgIpc) is 2.73. The van der Waals surface area contributed by atoms with Crippen molar-refractivity contribution in [1.29, 1.82) is 0 Å². The van der Waals surface area contributed by atoms with Gasteiger partial charge in [-0.25, -0.2) is 4.98 Å². The molecule has 2 aliphatic rings. The van der Waals surface area contributed by atoms with E-state index in [0.29, 0.717) is 52.2 Å². The van der Waals surface area contributed by atoms with E-state index in [1.165, 1.54) is 4.90 Å². The summed E-state index contributed by atoms with van der Waals surface area (Å²) in [5.41, 5.74) is 0. The molecule has 0 saturated carbocycles. The minimum Gasteiger partial charge on any atom is -0.466 e. The Morgan fingerprint density at radius 3 is 2.48 bits per heavy atom. The van der Waals surface area contributed by atoms with Gasteiger partial charge in [-0.1, -0.05) is 6.07 Å². The van der Waals surface area contributed by atoms with Gasteiger partial charge < -0.3 is 19.4 Å². The molecule has 2 amide bonds. The number of carbonyl (C=O) groups excluding carboxylic acids is 3. The van der Waals surface area contributed by atoms with Gasteiger partial charge in [0.1, 0.15) is 5.82 Å². The van der Waals surface area contributed by atoms with Gasteiger partial charge in [-0.15, -0.1) is 0 Å². The number of likely N-dealkylation sites (tertiary alicyclic amines) is 1. The minimum absolute atomic E-state index is 0.261. The summed E-state index contributed by atoms with van der Waals surface area (Å²) in [5.74, 6) is -0.748. The van der Waals surface area contributed by atoms with E-state index in [-0.39, 0.29) is 18.4 Å². The van der Waals surface area contributed by atoms with Crippen molar-refractivity contribution in [3.63, 3.8) is 0 Å². The van der Waals surface area contributed by atoms with Crippen LogP contribution in [0.3, 0.4) is 0 Å². The number of amides is 2. The first-order valence-electron chi connectivity index (χ1n) is 9.51. The number of rotatable bonds is 3. The highest BCUT2D eigenvalue weighted by Crippen LogP contribution is 2.19. The second-order valence-electron chi connectivity index (χ2n) is 6.81. The fourth-order valence-corrected chi connectivity index (χ4v) is 3.56. The van der Waals surface area contributed by atoms with Crippen LogP contribution in [0, 0.1) is 5.92 Å². The van der Waals surface area contributed by atoms with E-state index in [0.717, 1.165) is 5.82 Å². The molecule has 1 unspecified atom stereocenters. The Hall–Kier alpha value is -2.64. The molecule has 8 heteroatoms. The summed E-state index contributed by atoms with van der Waals surface area (Å²) in [6.07, 6.45) is 3.14. The lowest BCUT2D eigenvalue weighted by atomic mass is 9.98. The number of piperidine rings is 1. The van der Waals surface area contributed by atoms with E-state index in [1.807, 2.05) is 18.2 Å². The number of pyridine rings is 1. The van der Waals surface area contributed by atoms with Gasteiger partial charge in [-0.05, 0) is 31.9 Å². The molecular weight excluding hydrogens is 348 g/mol. The first-order chi connectivity index (χ1) is 13.1. The zero-order valence-electron chi connectivity index (χ0n) is 15.7. The number of aromatic nitrogens is 1. The topological polar surface area (TPSA) is 83.0 Å². The first kappa shape index (κ1) is 19.1. The Kier molecular flexibility index (Phi) is 6.26. The molecule has 1 aromatic heterocycles. The van der Waals surface area contributed by atoms with Crippen LogP contribution >= 0.6 is 0 Å². The zero-order valence-corrected chi connectivity index (χ0v) is 15.7. The molecular formula is C19H26N4O4. The highest BCUT2D eigenvalue weighted by Gasteiger charge is 2.34. The average molecular weight is 374 g/mol. The molecule has 1 aromatic rings. The number of anilines is 1. The Labute approximate surface area is 159 Å². The molecule has 2 aliphatic heterocycles. The van der Waals surface area contributed by atoms with Crippen molar-refractivity contribution < 1.29 is 19.1 Å². The van der Waals surface area contributed by atoms with E-state index in [2.05, 4.69) is 9.88 Å². The van der Waals surface area contributed by atoms with Crippen LogP contribution in [-0.2, 0) is 19.1 Å². The smallest absolute Gasteiger partial charge is 0.312 e. The van der Waals surface area contributed by atoms with Crippen LogP contribution < -0.4 is 4.90 Å². The van der Waals surface area contributed by atoms with E-state index in [9.17, 15) is 14.4 Å². The number of hydrogen-bond acceptors (Lipinski definition) is 6. The van der Waals surface area contributed by atoms with Crippen LogP contribution in [0.1, 0.15) is 19.8 Å². The predicted molar refractivity (Wildman–Crippen MR) is 99.0 cm³/mol. The van der Waals surface area contributed by atoms with Gasteiger partial charge in [-0.3, -0.25) is 14.4 Å². The van der Waals surface area contributed by atoms with Gasteiger partial charge >= 0.3 is 17.8 Å². The molecule has 146 valence electrons. The summed E-state index contributed by atoms with van der Waals surface area (Å²) in [4.78, 5) is 46.7. The molecule has 2 fully saturated rings. The highest BCUT2D eigenvalue weighted by atomic mass is 16.5. The first-order valence-corrected chi connectivity index (χ1v) is 9.51. The van der Waals surface area contributed by atoms with Crippen LogP contribution in [0.2, 0.25) is 0 Å². The SMILES string of the molecule is CCOC(=O)C1CCCN(C(=O)C(=O)N2CCN(c3ccccn3)CC2)C1. The van der Waals surface area contributed by atoms with Crippen molar-refractivity contribution in [3.05, 3.63) is 24.4 Å². The second kappa shape index (κ2) is 8.83. The molecule has 3 rings (SSSR count). The Balaban J connectivity index is 1.53. The van der Waals surface area contributed by atoms with Crippen LogP contribution in [0.15, 0.2) is 24.4 Å². The van der Waals surface area contributed by atoms with Gasteiger partial charge in [0.15, 0.2) is 0 Å². The van der Waals surface area contributed by atoms with Crippen molar-refractivity contribution in [2.45, 2.75) is 19.8 Å². The highest BCUT2D eigenvalue weighted by molar-refractivity contribution is 6.35. The number of nitrogens with zero attached hydrogens (tertiary/aromatic N) is 4. The number of esters is 1. The van der Waals surface area contributed by atoms with E-state index in [1.54, 1.807) is 18.0 Å². The number of carbonyl (C=O) groups is 3. The van der Waals surface area contributed by atoms with Gasteiger partial charge in [0.25, 0.3) is 0 Å². The summed E-state index contributed by atoms with van der Waals surface area (Å²) < 4.78 is 5.06. The van der Waals surface area contributed by atoms with Gasteiger partial charge in [0.05, 0.1) is 12.5 Å². The molecule has 8 nitrogen and oxygen atoms in total. The van der Waals surface area contributed by atoms with Crippen molar-refractivity contribution >= 4 is 23.6 Å². The van der Waals surface area contributed by atoms with Crippen LogP contribution in [0.25, 0.3) is 0 Å². The quantitative estimate of drug-likeness (QED) is 0.567. The normalized spacial score (nSPS) is 20.3. The van der Waals surface area contributed by atoms with Crippen molar-refractivity contribution in [2.75, 3.05) is 50.8 Å². The van der Waals surface area contributed by atoms with Gasteiger partial charge in [0.2, 0.25) is 0 Å². The van der Waals surface area contributed by atoms with Crippen LogP contribution in [0.4, 0.5) is 5.82 Å². The maximum Gasteiger partial charge on any atom is 0.312 e. The second-order valence-corrected chi connectivity index (χ2v) is 6.81. The Morgan fingerprint density at radius 1 is 1.07 bits per heavy atom. The van der Waals surface area contributed by atoms with Crippen molar-refractivity contribution in [2.24, 2.45) is 5.92 Å². The van der Waals surface area contributed by atoms with E-state index in [4.69, 9.17) is 4.74 Å². The lowest BCUT2D eigenvalue weighted by Gasteiger charge is -2.37. The third-order valence-corrected chi connectivity index (χ3v) is 5.05. The molecule has 0 bridgehead atoms. The fraction of sp³-hybridized carbons (Fsp3) is 0.579. The third-order valence-electron chi connectivity index (χ3n) is 5.05. The fourth-order valence-electron chi connectivity index (χ4n) is 3.56. The lowest BCUT2D eigenvalue weighted by Crippen LogP contribution is -2.55. The Morgan fingerprint density at radius 2 is 1.81 bits per heavy atom. The van der Waals surface area contributed by atoms with Gasteiger partial charge in [0, 0.05) is 45.5 Å². The van der Waals surface area contributed by atoms with Crippen molar-refractivity contribution in [1.82, 2.24) is 14.8 Å². The number of ether oxygens (including phenoxy) is 1. The molecule has 3 heterocycles. The number of hydrogen-bond donors (Lipinski definition) is 0. The standard InChI is InChI=1S/C19H26N4O4/c1-2-27-19(26)15-6-5-9-23(14-15)18(25)17(24)22-12-10-21(11-13-22)16-7-3-4-8-20-16/h3-4,7-8,15H,2,5-6,9-14H2,1H3. The maximum absolute atomic E-state index is 12.6. The van der Waals surface area contributed by atoms with Crippen LogP contribution in [-0.4, -0.2) is 78.4 Å². The largest absolute Gasteiger partial charge is 0.466 e.